The summed E-state index contributed by atoms with van der Waals surface area (Å²) in [6.07, 6.45) is 8.15. The second-order valence-electron chi connectivity index (χ2n) is 5.48. The van der Waals surface area contributed by atoms with Crippen molar-refractivity contribution in [2.75, 3.05) is 6.54 Å². The van der Waals surface area contributed by atoms with Gasteiger partial charge in [0.1, 0.15) is 0 Å². The number of hydrogen-bond acceptors (Lipinski definition) is 4. The molecule has 0 N–H and O–H groups in total. The molecule has 1 aliphatic rings. The Morgan fingerprint density at radius 2 is 2.18 bits per heavy atom. The second kappa shape index (κ2) is 6.66. The average molecular weight is 297 g/mol. The van der Waals surface area contributed by atoms with Crippen LogP contribution in [0.2, 0.25) is 0 Å². The quantitative estimate of drug-likeness (QED) is 0.867. The van der Waals surface area contributed by atoms with Crippen molar-refractivity contribution in [2.45, 2.75) is 33.1 Å². The van der Waals surface area contributed by atoms with E-state index in [9.17, 15) is 4.79 Å². The van der Waals surface area contributed by atoms with Crippen molar-refractivity contribution in [3.63, 3.8) is 0 Å². The first-order valence-corrected chi connectivity index (χ1v) is 7.41. The number of rotatable bonds is 4. The fourth-order valence-corrected chi connectivity index (χ4v) is 2.72. The summed E-state index contributed by atoms with van der Waals surface area (Å²) in [7, 11) is 0. The van der Waals surface area contributed by atoms with Crippen LogP contribution in [-0.2, 0) is 35.7 Å². The first-order chi connectivity index (χ1) is 10.7. The molecule has 3 heterocycles. The third-order valence-electron chi connectivity index (χ3n) is 3.92. The molecule has 5 heteroatoms. The van der Waals surface area contributed by atoms with Gasteiger partial charge in [0.25, 0.3) is 0 Å². The first-order valence-electron chi connectivity index (χ1n) is 7.41. The van der Waals surface area contributed by atoms with Crippen molar-refractivity contribution in [2.24, 2.45) is 0 Å². The van der Waals surface area contributed by atoms with Gasteiger partial charge in [0.2, 0.25) is 5.91 Å². The van der Waals surface area contributed by atoms with Crippen molar-refractivity contribution in [3.05, 3.63) is 59.2 Å². The lowest BCUT2D eigenvalue weighted by molar-refractivity contribution is -0.129. The molecule has 114 valence electrons. The SMILES string of the molecule is CC(=O)N1CCc2c(COCc3cccnc3)cncc2C1. The molecule has 5 nitrogen and oxygen atoms in total. The molecule has 0 radical (unpaired) electrons. The number of carbonyl (C=O) groups is 1. The molecule has 0 bridgehead atoms. The summed E-state index contributed by atoms with van der Waals surface area (Å²) in [4.78, 5) is 21.7. The molecule has 3 rings (SSSR count). The number of fused-ring (bicyclic) bond motifs is 1. The average Bonchev–Trinajstić information content (AvgIpc) is 2.55. The molecule has 1 aliphatic heterocycles. The number of nitrogens with zero attached hydrogens (tertiary/aromatic N) is 3. The maximum atomic E-state index is 11.5. The topological polar surface area (TPSA) is 55.3 Å². The Balaban J connectivity index is 1.66. The summed E-state index contributed by atoms with van der Waals surface area (Å²) in [6.45, 7) is 4.09. The summed E-state index contributed by atoms with van der Waals surface area (Å²) in [5.74, 6) is 0.115. The van der Waals surface area contributed by atoms with Gasteiger partial charge in [0, 0.05) is 44.8 Å². The molecular formula is C17H19N3O2. The highest BCUT2D eigenvalue weighted by atomic mass is 16.5. The standard InChI is InChI=1S/C17H19N3O2/c1-13(21)20-6-4-17-15(10-20)8-19-9-16(17)12-22-11-14-3-2-5-18-7-14/h2-3,5,7-9H,4,6,10-12H2,1H3. The monoisotopic (exact) mass is 297 g/mol. The van der Waals surface area contributed by atoms with Crippen LogP contribution in [0.3, 0.4) is 0 Å². The Hall–Kier alpha value is -2.27. The van der Waals surface area contributed by atoms with Crippen LogP contribution in [0.5, 0.6) is 0 Å². The smallest absolute Gasteiger partial charge is 0.219 e. The predicted molar refractivity (Wildman–Crippen MR) is 81.8 cm³/mol. The van der Waals surface area contributed by atoms with Crippen molar-refractivity contribution in [1.82, 2.24) is 14.9 Å². The van der Waals surface area contributed by atoms with Crippen LogP contribution in [0.1, 0.15) is 29.2 Å². The minimum Gasteiger partial charge on any atom is -0.372 e. The second-order valence-corrected chi connectivity index (χ2v) is 5.48. The van der Waals surface area contributed by atoms with E-state index >= 15 is 0 Å². The molecule has 0 spiro atoms. The number of pyridine rings is 2. The Morgan fingerprint density at radius 1 is 1.27 bits per heavy atom. The molecule has 0 aromatic carbocycles. The predicted octanol–water partition coefficient (Wildman–Crippen LogP) is 2.10. The summed E-state index contributed by atoms with van der Waals surface area (Å²) in [5.41, 5.74) is 4.58. The lowest BCUT2D eigenvalue weighted by atomic mass is 9.97. The first kappa shape index (κ1) is 14.7. The molecule has 0 saturated heterocycles. The van der Waals surface area contributed by atoms with Gasteiger partial charge in [-0.25, -0.2) is 0 Å². The van der Waals surface area contributed by atoms with Gasteiger partial charge in [0.15, 0.2) is 0 Å². The number of aromatic nitrogens is 2. The molecule has 0 unspecified atom stereocenters. The van der Waals surface area contributed by atoms with E-state index in [2.05, 4.69) is 9.97 Å². The fraction of sp³-hybridized carbons (Fsp3) is 0.353. The summed E-state index contributed by atoms with van der Waals surface area (Å²) in [5, 5.41) is 0. The van der Waals surface area contributed by atoms with Gasteiger partial charge in [-0.2, -0.15) is 0 Å². The minimum atomic E-state index is 0.115. The molecule has 22 heavy (non-hydrogen) atoms. The van der Waals surface area contributed by atoms with Gasteiger partial charge in [0.05, 0.1) is 13.2 Å². The Labute approximate surface area is 130 Å². The van der Waals surface area contributed by atoms with E-state index in [0.29, 0.717) is 19.8 Å². The highest BCUT2D eigenvalue weighted by Crippen LogP contribution is 2.22. The van der Waals surface area contributed by atoms with E-state index in [1.807, 2.05) is 35.6 Å². The van der Waals surface area contributed by atoms with Gasteiger partial charge in [-0.15, -0.1) is 0 Å². The molecule has 0 aliphatic carbocycles. The number of ether oxygens (including phenoxy) is 1. The van der Waals surface area contributed by atoms with Crippen molar-refractivity contribution in [1.29, 1.82) is 0 Å². The molecule has 0 fully saturated rings. The van der Waals surface area contributed by atoms with Crippen LogP contribution in [0.15, 0.2) is 36.9 Å². The third-order valence-corrected chi connectivity index (χ3v) is 3.92. The number of hydrogen-bond donors (Lipinski definition) is 0. The van der Waals surface area contributed by atoms with E-state index in [1.165, 1.54) is 5.56 Å². The van der Waals surface area contributed by atoms with E-state index in [-0.39, 0.29) is 5.91 Å². The van der Waals surface area contributed by atoms with Crippen molar-refractivity contribution < 1.29 is 9.53 Å². The highest BCUT2D eigenvalue weighted by Gasteiger charge is 2.20. The Kier molecular flexibility index (Phi) is 4.44. The number of amides is 1. The molecule has 0 atom stereocenters. The van der Waals surface area contributed by atoms with E-state index in [4.69, 9.17) is 4.74 Å². The van der Waals surface area contributed by atoms with Crippen molar-refractivity contribution >= 4 is 5.91 Å². The van der Waals surface area contributed by atoms with Crippen LogP contribution in [0.4, 0.5) is 0 Å². The fourth-order valence-electron chi connectivity index (χ4n) is 2.72. The highest BCUT2D eigenvalue weighted by molar-refractivity contribution is 5.73. The normalized spacial score (nSPS) is 13.8. The van der Waals surface area contributed by atoms with Crippen LogP contribution in [0, 0.1) is 0 Å². The zero-order valence-electron chi connectivity index (χ0n) is 12.7. The molecule has 2 aromatic rings. The molecule has 0 saturated carbocycles. The Bertz CT molecular complexity index is 658. The minimum absolute atomic E-state index is 0.115. The van der Waals surface area contributed by atoms with Gasteiger partial charge >= 0.3 is 0 Å². The Morgan fingerprint density at radius 3 is 2.95 bits per heavy atom. The molecular weight excluding hydrogens is 278 g/mol. The van der Waals surface area contributed by atoms with Crippen LogP contribution < -0.4 is 0 Å². The van der Waals surface area contributed by atoms with E-state index in [1.54, 1.807) is 13.1 Å². The van der Waals surface area contributed by atoms with Crippen LogP contribution >= 0.6 is 0 Å². The third kappa shape index (κ3) is 3.31. The maximum Gasteiger partial charge on any atom is 0.219 e. The van der Waals surface area contributed by atoms with Crippen molar-refractivity contribution in [3.8, 4) is 0 Å². The summed E-state index contributed by atoms with van der Waals surface area (Å²) in [6, 6.07) is 3.90. The molecule has 1 amide bonds. The molecule has 2 aromatic heterocycles. The largest absolute Gasteiger partial charge is 0.372 e. The maximum absolute atomic E-state index is 11.5. The van der Waals surface area contributed by atoms with E-state index < -0.39 is 0 Å². The van der Waals surface area contributed by atoms with Crippen LogP contribution in [0.25, 0.3) is 0 Å². The zero-order valence-corrected chi connectivity index (χ0v) is 12.7. The van der Waals surface area contributed by atoms with Gasteiger partial charge in [-0.05, 0) is 34.7 Å². The van der Waals surface area contributed by atoms with E-state index in [0.717, 1.165) is 29.7 Å². The summed E-state index contributed by atoms with van der Waals surface area (Å²) < 4.78 is 5.79. The van der Waals surface area contributed by atoms with Crippen LogP contribution in [-0.4, -0.2) is 27.3 Å². The summed E-state index contributed by atoms with van der Waals surface area (Å²) >= 11 is 0. The number of carbonyl (C=O) groups excluding carboxylic acids is 1. The zero-order chi connectivity index (χ0) is 15.4. The van der Waals surface area contributed by atoms with Gasteiger partial charge in [-0.1, -0.05) is 6.07 Å². The lowest BCUT2D eigenvalue weighted by Gasteiger charge is -2.28. The van der Waals surface area contributed by atoms with Gasteiger partial charge in [-0.3, -0.25) is 14.8 Å². The lowest BCUT2D eigenvalue weighted by Crippen LogP contribution is -2.34. The van der Waals surface area contributed by atoms with Gasteiger partial charge < -0.3 is 9.64 Å².